The molecule has 56 valence electrons. The second-order valence-corrected chi connectivity index (χ2v) is 2.67. The monoisotopic (exact) mass is 137 g/mol. The van der Waals surface area contributed by atoms with E-state index in [1.165, 1.54) is 24.8 Å². The van der Waals surface area contributed by atoms with E-state index >= 15 is 0 Å². The highest BCUT2D eigenvalue weighted by atomic mass is 14.8. The number of unbranched alkanes of at least 4 members (excludes halogenated alkanes) is 1. The minimum Gasteiger partial charge on any atom is -0.387 e. The lowest BCUT2D eigenvalue weighted by molar-refractivity contribution is 0.750. The maximum Gasteiger partial charge on any atom is 0.0357 e. The lowest BCUT2D eigenvalue weighted by Crippen LogP contribution is -2.12. The van der Waals surface area contributed by atoms with E-state index in [1.54, 1.807) is 0 Å². The molecular weight excluding hydrogens is 122 g/mol. The van der Waals surface area contributed by atoms with Crippen molar-refractivity contribution in [2.75, 3.05) is 6.54 Å². The van der Waals surface area contributed by atoms with Gasteiger partial charge in [-0.25, -0.2) is 0 Å². The second-order valence-electron chi connectivity index (χ2n) is 2.67. The van der Waals surface area contributed by atoms with Gasteiger partial charge in [-0.15, -0.1) is 0 Å². The van der Waals surface area contributed by atoms with Crippen LogP contribution in [0.3, 0.4) is 0 Å². The Bertz CT molecular complexity index is 145. The van der Waals surface area contributed by atoms with Gasteiger partial charge in [0.2, 0.25) is 0 Å². The minimum atomic E-state index is 1.05. The van der Waals surface area contributed by atoms with Crippen molar-refractivity contribution in [3.63, 3.8) is 0 Å². The topological polar surface area (TPSA) is 12.0 Å². The van der Waals surface area contributed by atoms with Gasteiger partial charge >= 0.3 is 0 Å². The number of allylic oxidation sites excluding steroid dienone is 2. The van der Waals surface area contributed by atoms with Gasteiger partial charge in [-0.1, -0.05) is 25.0 Å². The van der Waals surface area contributed by atoms with Crippen LogP contribution < -0.4 is 5.32 Å². The van der Waals surface area contributed by atoms with E-state index in [-0.39, 0.29) is 0 Å². The number of rotatable bonds is 3. The molecule has 0 radical (unpaired) electrons. The molecule has 10 heavy (non-hydrogen) atoms. The molecule has 1 N–H and O–H groups in total. The number of hydrogen-bond acceptors (Lipinski definition) is 1. The Hall–Kier alpha value is -0.720. The van der Waals surface area contributed by atoms with E-state index in [0.29, 0.717) is 0 Å². The molecule has 0 aromatic carbocycles. The predicted octanol–water partition coefficient (Wildman–Crippen LogP) is 2.22. The van der Waals surface area contributed by atoms with Crippen molar-refractivity contribution >= 4 is 0 Å². The lowest BCUT2D eigenvalue weighted by Gasteiger charge is -2.09. The number of dihydropyridines is 1. The van der Waals surface area contributed by atoms with Gasteiger partial charge in [0.25, 0.3) is 0 Å². The van der Waals surface area contributed by atoms with Crippen LogP contribution in [0.4, 0.5) is 0 Å². The summed E-state index contributed by atoms with van der Waals surface area (Å²) in [6, 6.07) is 0. The smallest absolute Gasteiger partial charge is 0.0357 e. The summed E-state index contributed by atoms with van der Waals surface area (Å²) in [4.78, 5) is 0. The third-order valence-electron chi connectivity index (χ3n) is 1.73. The number of nitrogens with one attached hydrogen (secondary N) is 1. The van der Waals surface area contributed by atoms with E-state index in [4.69, 9.17) is 0 Å². The summed E-state index contributed by atoms with van der Waals surface area (Å²) in [5, 5.41) is 3.19. The third kappa shape index (κ3) is 2.26. The third-order valence-corrected chi connectivity index (χ3v) is 1.73. The Morgan fingerprint density at radius 1 is 1.60 bits per heavy atom. The van der Waals surface area contributed by atoms with Crippen molar-refractivity contribution in [1.29, 1.82) is 0 Å². The Labute approximate surface area is 62.8 Å². The largest absolute Gasteiger partial charge is 0.387 e. The highest BCUT2D eigenvalue weighted by Crippen LogP contribution is 2.08. The van der Waals surface area contributed by atoms with Crippen molar-refractivity contribution in [3.8, 4) is 0 Å². The first kappa shape index (κ1) is 7.39. The van der Waals surface area contributed by atoms with Crippen LogP contribution in [0, 0.1) is 0 Å². The summed E-state index contributed by atoms with van der Waals surface area (Å²) in [6.07, 6.45) is 10.2. The van der Waals surface area contributed by atoms with Crippen LogP contribution in [0.25, 0.3) is 0 Å². The van der Waals surface area contributed by atoms with Gasteiger partial charge in [0.05, 0.1) is 0 Å². The van der Waals surface area contributed by atoms with E-state index in [9.17, 15) is 0 Å². The molecular formula is C9H15N. The molecule has 0 aromatic heterocycles. The second kappa shape index (κ2) is 4.15. The average molecular weight is 137 g/mol. The van der Waals surface area contributed by atoms with E-state index < -0.39 is 0 Å². The van der Waals surface area contributed by atoms with Gasteiger partial charge < -0.3 is 5.32 Å². The molecule has 0 saturated heterocycles. The predicted molar refractivity (Wildman–Crippen MR) is 44.8 cm³/mol. The molecule has 0 bridgehead atoms. The van der Waals surface area contributed by atoms with E-state index in [0.717, 1.165) is 6.54 Å². The van der Waals surface area contributed by atoms with E-state index in [2.05, 4.69) is 24.4 Å². The zero-order chi connectivity index (χ0) is 7.23. The summed E-state index contributed by atoms with van der Waals surface area (Å²) >= 11 is 0. The van der Waals surface area contributed by atoms with Crippen LogP contribution in [0.5, 0.6) is 0 Å². The molecule has 1 heterocycles. The van der Waals surface area contributed by atoms with Crippen LogP contribution in [-0.2, 0) is 0 Å². The van der Waals surface area contributed by atoms with Gasteiger partial charge in [0, 0.05) is 6.54 Å². The Balaban J connectivity index is 2.25. The molecule has 0 fully saturated rings. The summed E-state index contributed by atoms with van der Waals surface area (Å²) in [6.45, 7) is 3.28. The fraction of sp³-hybridized carbons (Fsp3) is 0.556. The van der Waals surface area contributed by atoms with Gasteiger partial charge in [-0.2, -0.15) is 0 Å². The van der Waals surface area contributed by atoms with Crippen LogP contribution in [0.15, 0.2) is 23.9 Å². The Morgan fingerprint density at radius 2 is 2.50 bits per heavy atom. The zero-order valence-electron chi connectivity index (χ0n) is 6.56. The van der Waals surface area contributed by atoms with Gasteiger partial charge in [0.1, 0.15) is 0 Å². The van der Waals surface area contributed by atoms with Crippen molar-refractivity contribution in [2.45, 2.75) is 26.2 Å². The molecule has 1 rings (SSSR count). The first-order valence-electron chi connectivity index (χ1n) is 4.01. The fourth-order valence-electron chi connectivity index (χ4n) is 1.08. The average Bonchev–Trinajstić information content (AvgIpc) is 2.03. The zero-order valence-corrected chi connectivity index (χ0v) is 6.56. The normalized spacial score (nSPS) is 16.3. The summed E-state index contributed by atoms with van der Waals surface area (Å²) in [5.74, 6) is 0. The van der Waals surface area contributed by atoms with Crippen LogP contribution in [-0.4, -0.2) is 6.54 Å². The maximum absolute atomic E-state index is 3.19. The first-order valence-corrected chi connectivity index (χ1v) is 4.01. The van der Waals surface area contributed by atoms with Crippen LogP contribution in [0.2, 0.25) is 0 Å². The van der Waals surface area contributed by atoms with Gasteiger partial charge in [-0.3, -0.25) is 0 Å². The van der Waals surface area contributed by atoms with Gasteiger partial charge in [-0.05, 0) is 25.1 Å². The first-order chi connectivity index (χ1) is 4.93. The molecule has 1 aliphatic heterocycles. The summed E-state index contributed by atoms with van der Waals surface area (Å²) < 4.78 is 0. The van der Waals surface area contributed by atoms with E-state index in [1.807, 2.05) is 6.20 Å². The molecule has 1 heteroatoms. The molecule has 0 saturated carbocycles. The molecule has 0 aromatic rings. The highest BCUT2D eigenvalue weighted by molar-refractivity contribution is 5.17. The fourth-order valence-corrected chi connectivity index (χ4v) is 1.08. The van der Waals surface area contributed by atoms with Crippen molar-refractivity contribution in [2.24, 2.45) is 0 Å². The molecule has 0 unspecified atom stereocenters. The Kier molecular flexibility index (Phi) is 3.07. The van der Waals surface area contributed by atoms with Crippen molar-refractivity contribution in [3.05, 3.63) is 23.9 Å². The van der Waals surface area contributed by atoms with Crippen molar-refractivity contribution in [1.82, 2.24) is 5.32 Å². The molecule has 0 aliphatic carbocycles. The summed E-state index contributed by atoms with van der Waals surface area (Å²) in [5.41, 5.74) is 1.53. The molecule has 0 atom stereocenters. The summed E-state index contributed by atoms with van der Waals surface area (Å²) in [7, 11) is 0. The number of hydrogen-bond donors (Lipinski definition) is 1. The van der Waals surface area contributed by atoms with Crippen LogP contribution in [0.1, 0.15) is 26.2 Å². The van der Waals surface area contributed by atoms with Crippen LogP contribution >= 0.6 is 0 Å². The molecule has 0 spiro atoms. The lowest BCUT2D eigenvalue weighted by atomic mass is 10.1. The molecule has 1 nitrogen and oxygen atoms in total. The Morgan fingerprint density at radius 3 is 3.10 bits per heavy atom. The van der Waals surface area contributed by atoms with Gasteiger partial charge in [0.15, 0.2) is 0 Å². The quantitative estimate of drug-likeness (QED) is 0.629. The molecule has 1 aliphatic rings. The van der Waals surface area contributed by atoms with Crippen molar-refractivity contribution < 1.29 is 0 Å². The highest BCUT2D eigenvalue weighted by Gasteiger charge is 1.96. The maximum atomic E-state index is 3.19. The standard InChI is InChI=1S/C9H15N/c1-2-3-5-9-6-4-7-10-8-9/h4,6-7,10H,2-3,5,8H2,1H3. The molecule has 0 amide bonds. The SMILES string of the molecule is CCCCC1=CC=CNC1. The minimum absolute atomic E-state index is 1.05.